The Kier molecular flexibility index (Phi) is 7.11. The van der Waals surface area contributed by atoms with Crippen LogP contribution in [0.4, 0.5) is 10.5 Å². The standard InChI is InChI=1S/C23H25N5O7/c1-2-34-22(30)19-17(14-26-9-11-27(12-10-26)21(29)18-4-3-13-35-18)24-23(31)25-20(19)15-5-7-16(8-6-15)28(32)33/h3-8,13,20H,2,9-12,14H2,1H3,(H2,24,25,31)/t20-/m0/s1. The summed E-state index contributed by atoms with van der Waals surface area (Å²) in [4.78, 5) is 52.1. The predicted octanol–water partition coefficient (Wildman–Crippen LogP) is 1.82. The van der Waals surface area contributed by atoms with Gasteiger partial charge in [-0.3, -0.25) is 19.8 Å². The molecule has 2 aliphatic heterocycles. The zero-order chi connectivity index (χ0) is 24.9. The Bertz CT molecular complexity index is 1140. The quantitative estimate of drug-likeness (QED) is 0.344. The number of piperazine rings is 1. The van der Waals surface area contributed by atoms with Gasteiger partial charge < -0.3 is 24.7 Å². The topological polar surface area (TPSA) is 147 Å². The SMILES string of the molecule is CCOC(=O)C1=C(CN2CCN(C(=O)c3ccco3)CC2)NC(=O)N[C@H]1c1ccc([N+](=O)[O-])cc1. The third-order valence-corrected chi connectivity index (χ3v) is 5.86. The molecule has 0 spiro atoms. The summed E-state index contributed by atoms with van der Waals surface area (Å²) in [5, 5.41) is 16.4. The van der Waals surface area contributed by atoms with E-state index in [-0.39, 0.29) is 36.1 Å². The number of nitrogens with one attached hydrogen (secondary N) is 2. The van der Waals surface area contributed by atoms with Crippen LogP contribution in [-0.2, 0) is 9.53 Å². The fourth-order valence-corrected chi connectivity index (χ4v) is 4.12. The molecule has 1 atom stereocenters. The average molecular weight is 483 g/mol. The Balaban J connectivity index is 1.55. The number of nitro groups is 1. The minimum atomic E-state index is -0.833. The number of non-ortho nitro benzene ring substituents is 1. The molecule has 12 nitrogen and oxygen atoms in total. The number of urea groups is 1. The largest absolute Gasteiger partial charge is 0.463 e. The van der Waals surface area contributed by atoms with E-state index in [9.17, 15) is 24.5 Å². The molecule has 35 heavy (non-hydrogen) atoms. The van der Waals surface area contributed by atoms with E-state index in [1.54, 1.807) is 24.0 Å². The molecular formula is C23H25N5O7. The number of hydrogen-bond acceptors (Lipinski definition) is 8. The summed E-state index contributed by atoms with van der Waals surface area (Å²) in [7, 11) is 0. The number of rotatable bonds is 7. The molecule has 1 aromatic carbocycles. The number of benzene rings is 1. The number of esters is 1. The normalized spacial score (nSPS) is 18.6. The second-order valence-corrected chi connectivity index (χ2v) is 8.04. The van der Waals surface area contributed by atoms with Crippen LogP contribution in [0.25, 0.3) is 0 Å². The number of ether oxygens (including phenoxy) is 1. The maximum absolute atomic E-state index is 12.9. The zero-order valence-electron chi connectivity index (χ0n) is 19.1. The van der Waals surface area contributed by atoms with Gasteiger partial charge in [-0.2, -0.15) is 0 Å². The van der Waals surface area contributed by atoms with Crippen molar-refractivity contribution in [3.05, 3.63) is 75.4 Å². The van der Waals surface area contributed by atoms with Gasteiger partial charge in [0.25, 0.3) is 11.6 Å². The van der Waals surface area contributed by atoms with Crippen molar-refractivity contribution in [1.29, 1.82) is 0 Å². The third-order valence-electron chi connectivity index (χ3n) is 5.86. The van der Waals surface area contributed by atoms with E-state index in [0.717, 1.165) is 0 Å². The summed E-state index contributed by atoms with van der Waals surface area (Å²) in [5.74, 6) is -0.498. The van der Waals surface area contributed by atoms with E-state index in [4.69, 9.17) is 9.15 Å². The molecule has 1 aromatic heterocycles. The molecule has 1 saturated heterocycles. The molecule has 0 unspecified atom stereocenters. The van der Waals surface area contributed by atoms with Crippen LogP contribution in [0.2, 0.25) is 0 Å². The van der Waals surface area contributed by atoms with Gasteiger partial charge in [0.2, 0.25) is 0 Å². The summed E-state index contributed by atoms with van der Waals surface area (Å²) < 4.78 is 10.5. The monoisotopic (exact) mass is 483 g/mol. The van der Waals surface area contributed by atoms with Gasteiger partial charge in [-0.05, 0) is 36.8 Å². The minimum absolute atomic E-state index is 0.0992. The first-order chi connectivity index (χ1) is 16.9. The molecule has 4 rings (SSSR count). The van der Waals surface area contributed by atoms with E-state index in [2.05, 4.69) is 10.6 Å². The van der Waals surface area contributed by atoms with Gasteiger partial charge in [0.15, 0.2) is 5.76 Å². The van der Waals surface area contributed by atoms with E-state index < -0.39 is 23.0 Å². The van der Waals surface area contributed by atoms with Gasteiger partial charge in [-0.1, -0.05) is 0 Å². The van der Waals surface area contributed by atoms with Crippen LogP contribution in [-0.4, -0.2) is 72.0 Å². The smallest absolute Gasteiger partial charge is 0.338 e. The maximum atomic E-state index is 12.9. The highest BCUT2D eigenvalue weighted by molar-refractivity contribution is 5.95. The van der Waals surface area contributed by atoms with Gasteiger partial charge in [0.05, 0.1) is 29.4 Å². The molecule has 12 heteroatoms. The molecule has 3 heterocycles. The molecule has 1 fully saturated rings. The van der Waals surface area contributed by atoms with Crippen molar-refractivity contribution >= 4 is 23.6 Å². The zero-order valence-corrected chi connectivity index (χ0v) is 19.1. The molecule has 0 aliphatic carbocycles. The van der Waals surface area contributed by atoms with Crippen LogP contribution in [0.15, 0.2) is 58.3 Å². The first-order valence-corrected chi connectivity index (χ1v) is 11.1. The molecule has 184 valence electrons. The van der Waals surface area contributed by atoms with Crippen molar-refractivity contribution in [2.24, 2.45) is 0 Å². The molecule has 2 N–H and O–H groups in total. The summed E-state index contributed by atoms with van der Waals surface area (Å²) in [5.41, 5.74) is 1.04. The number of carbonyl (C=O) groups excluding carboxylic acids is 3. The minimum Gasteiger partial charge on any atom is -0.463 e. The van der Waals surface area contributed by atoms with Crippen LogP contribution in [0, 0.1) is 10.1 Å². The van der Waals surface area contributed by atoms with Crippen LogP contribution in [0.1, 0.15) is 29.1 Å². The summed E-state index contributed by atoms with van der Waals surface area (Å²) in [6, 6.07) is 7.60. The van der Waals surface area contributed by atoms with Crippen molar-refractivity contribution in [3.8, 4) is 0 Å². The van der Waals surface area contributed by atoms with E-state index in [0.29, 0.717) is 37.4 Å². The van der Waals surface area contributed by atoms with Crippen molar-refractivity contribution in [2.45, 2.75) is 13.0 Å². The van der Waals surface area contributed by atoms with Gasteiger partial charge in [-0.25, -0.2) is 9.59 Å². The van der Waals surface area contributed by atoms with Crippen molar-refractivity contribution in [1.82, 2.24) is 20.4 Å². The van der Waals surface area contributed by atoms with E-state index in [1.807, 2.05) is 4.90 Å². The van der Waals surface area contributed by atoms with Crippen LogP contribution >= 0.6 is 0 Å². The van der Waals surface area contributed by atoms with Gasteiger partial charge in [0, 0.05) is 50.6 Å². The summed E-state index contributed by atoms with van der Waals surface area (Å²) in [6.45, 7) is 4.05. The average Bonchev–Trinajstić information content (AvgIpc) is 3.39. The number of nitro benzene ring substituents is 1. The number of nitrogens with zero attached hydrogens (tertiary/aromatic N) is 3. The Hall–Kier alpha value is -4.19. The van der Waals surface area contributed by atoms with E-state index in [1.165, 1.54) is 30.5 Å². The Labute approximate surface area is 200 Å². The molecule has 0 radical (unpaired) electrons. The highest BCUT2D eigenvalue weighted by Gasteiger charge is 2.35. The van der Waals surface area contributed by atoms with Gasteiger partial charge in [0.1, 0.15) is 0 Å². The molecule has 0 bridgehead atoms. The number of amides is 3. The second-order valence-electron chi connectivity index (χ2n) is 8.04. The van der Waals surface area contributed by atoms with Gasteiger partial charge >= 0.3 is 12.0 Å². The summed E-state index contributed by atoms with van der Waals surface area (Å²) >= 11 is 0. The van der Waals surface area contributed by atoms with Crippen LogP contribution in [0.3, 0.4) is 0 Å². The lowest BCUT2D eigenvalue weighted by Crippen LogP contribution is -2.52. The van der Waals surface area contributed by atoms with Gasteiger partial charge in [-0.15, -0.1) is 0 Å². The number of hydrogen-bond donors (Lipinski definition) is 2. The van der Waals surface area contributed by atoms with Crippen LogP contribution < -0.4 is 10.6 Å². The lowest BCUT2D eigenvalue weighted by Gasteiger charge is -2.36. The molecular weight excluding hydrogens is 458 g/mol. The van der Waals surface area contributed by atoms with Crippen molar-refractivity contribution in [3.63, 3.8) is 0 Å². The van der Waals surface area contributed by atoms with Crippen LogP contribution in [0.5, 0.6) is 0 Å². The Morgan fingerprint density at radius 3 is 2.49 bits per heavy atom. The predicted molar refractivity (Wildman–Crippen MR) is 122 cm³/mol. The van der Waals surface area contributed by atoms with Crippen molar-refractivity contribution < 1.29 is 28.5 Å². The summed E-state index contributed by atoms with van der Waals surface area (Å²) in [6.07, 6.45) is 1.45. The lowest BCUT2D eigenvalue weighted by molar-refractivity contribution is -0.384. The molecule has 0 saturated carbocycles. The first-order valence-electron chi connectivity index (χ1n) is 11.1. The molecule has 2 aliphatic rings. The first kappa shape index (κ1) is 24.0. The fourth-order valence-electron chi connectivity index (χ4n) is 4.12. The Morgan fingerprint density at radius 2 is 1.89 bits per heavy atom. The Morgan fingerprint density at radius 1 is 1.17 bits per heavy atom. The third kappa shape index (κ3) is 5.32. The molecule has 2 aromatic rings. The fraction of sp³-hybridized carbons (Fsp3) is 0.348. The number of furan rings is 1. The highest BCUT2D eigenvalue weighted by Crippen LogP contribution is 2.29. The van der Waals surface area contributed by atoms with E-state index >= 15 is 0 Å². The number of carbonyl (C=O) groups is 3. The highest BCUT2D eigenvalue weighted by atomic mass is 16.6. The second kappa shape index (κ2) is 10.4. The van der Waals surface area contributed by atoms with Crippen molar-refractivity contribution in [2.75, 3.05) is 39.3 Å². The lowest BCUT2D eigenvalue weighted by atomic mass is 9.94. The maximum Gasteiger partial charge on any atom is 0.338 e. The molecule has 3 amide bonds.